The maximum atomic E-state index is 13.1. The van der Waals surface area contributed by atoms with Crippen molar-refractivity contribution in [2.24, 2.45) is 0 Å². The van der Waals surface area contributed by atoms with Gasteiger partial charge in [-0.15, -0.1) is 11.3 Å². The van der Waals surface area contributed by atoms with Gasteiger partial charge in [-0.3, -0.25) is 4.79 Å². The lowest BCUT2D eigenvalue weighted by Crippen LogP contribution is -2.01. The number of rotatable bonds is 3. The molecule has 5 heteroatoms. The second-order valence-electron chi connectivity index (χ2n) is 4.64. The molecule has 0 amide bonds. The molecule has 0 radical (unpaired) electrons. The Morgan fingerprint density at radius 2 is 1.90 bits per heavy atom. The lowest BCUT2D eigenvalue weighted by molar-refractivity contribution is 0.0997. The fourth-order valence-electron chi connectivity index (χ4n) is 2.07. The Kier molecular flexibility index (Phi) is 3.74. The standard InChI is InChI=1S/C16H9ClF2OS/c17-12-5-9(1-3-13(12)19)6-14(20)16-8-10-7-11(18)2-4-15(10)21-16/h1-5,7-8H,6H2. The summed E-state index contributed by atoms with van der Waals surface area (Å²) >= 11 is 7.02. The Balaban J connectivity index is 1.87. The highest BCUT2D eigenvalue weighted by Gasteiger charge is 2.12. The molecular formula is C16H9ClF2OS. The molecule has 0 spiro atoms. The van der Waals surface area contributed by atoms with Gasteiger partial charge in [0.25, 0.3) is 0 Å². The number of carbonyl (C=O) groups excluding carboxylic acids is 1. The Morgan fingerprint density at radius 3 is 2.67 bits per heavy atom. The Hall–Kier alpha value is -1.78. The average Bonchev–Trinajstić information content (AvgIpc) is 2.86. The molecular weight excluding hydrogens is 314 g/mol. The third-order valence-corrected chi connectivity index (χ3v) is 4.55. The molecule has 0 aliphatic carbocycles. The first kappa shape index (κ1) is 14.2. The van der Waals surface area contributed by atoms with Gasteiger partial charge in [0.1, 0.15) is 11.6 Å². The van der Waals surface area contributed by atoms with E-state index in [1.807, 2.05) is 0 Å². The zero-order valence-corrected chi connectivity index (χ0v) is 12.3. The number of thiophene rings is 1. The zero-order valence-electron chi connectivity index (χ0n) is 10.7. The molecule has 0 unspecified atom stereocenters. The van der Waals surface area contributed by atoms with E-state index in [1.54, 1.807) is 12.1 Å². The van der Waals surface area contributed by atoms with Crippen LogP contribution in [0.15, 0.2) is 42.5 Å². The van der Waals surface area contributed by atoms with Gasteiger partial charge in [0.05, 0.1) is 9.90 Å². The largest absolute Gasteiger partial charge is 0.293 e. The molecule has 0 bridgehead atoms. The first-order valence-electron chi connectivity index (χ1n) is 6.19. The van der Waals surface area contributed by atoms with E-state index in [2.05, 4.69) is 0 Å². The third kappa shape index (κ3) is 2.96. The first-order chi connectivity index (χ1) is 10.0. The molecule has 2 aromatic carbocycles. The molecule has 0 aliphatic heterocycles. The third-order valence-electron chi connectivity index (χ3n) is 3.10. The fraction of sp³-hybridized carbons (Fsp3) is 0.0625. The van der Waals surface area contributed by atoms with Crippen LogP contribution >= 0.6 is 22.9 Å². The second kappa shape index (κ2) is 5.54. The van der Waals surface area contributed by atoms with Crippen molar-refractivity contribution < 1.29 is 13.6 Å². The van der Waals surface area contributed by atoms with Crippen LogP contribution in [0.1, 0.15) is 15.2 Å². The maximum Gasteiger partial charge on any atom is 0.177 e. The summed E-state index contributed by atoms with van der Waals surface area (Å²) in [5, 5.41) is 0.708. The number of benzene rings is 2. The van der Waals surface area contributed by atoms with Gasteiger partial charge in [0.15, 0.2) is 5.78 Å². The van der Waals surface area contributed by atoms with E-state index in [0.29, 0.717) is 15.8 Å². The minimum atomic E-state index is -0.509. The lowest BCUT2D eigenvalue weighted by atomic mass is 10.1. The van der Waals surface area contributed by atoms with E-state index < -0.39 is 5.82 Å². The highest BCUT2D eigenvalue weighted by Crippen LogP contribution is 2.27. The van der Waals surface area contributed by atoms with Crippen LogP contribution in [0.5, 0.6) is 0 Å². The number of halogens is 3. The highest BCUT2D eigenvalue weighted by molar-refractivity contribution is 7.20. The van der Waals surface area contributed by atoms with Crippen LogP contribution in [0.4, 0.5) is 8.78 Å². The van der Waals surface area contributed by atoms with Gasteiger partial charge in [-0.2, -0.15) is 0 Å². The minimum Gasteiger partial charge on any atom is -0.293 e. The molecule has 3 aromatic rings. The molecule has 3 rings (SSSR count). The van der Waals surface area contributed by atoms with Gasteiger partial charge in [-0.1, -0.05) is 17.7 Å². The number of ketones is 1. The Morgan fingerprint density at radius 1 is 1.10 bits per heavy atom. The molecule has 0 saturated heterocycles. The summed E-state index contributed by atoms with van der Waals surface area (Å²) in [4.78, 5) is 12.8. The molecule has 0 aliphatic rings. The van der Waals surface area contributed by atoms with Crippen LogP contribution in [0.3, 0.4) is 0 Å². The van der Waals surface area contributed by atoms with Crippen molar-refractivity contribution in [3.05, 3.63) is 69.6 Å². The summed E-state index contributed by atoms with van der Waals surface area (Å²) < 4.78 is 27.1. The van der Waals surface area contributed by atoms with E-state index in [1.165, 1.54) is 41.7 Å². The predicted molar refractivity (Wildman–Crippen MR) is 81.2 cm³/mol. The number of Topliss-reactive ketones (excluding diaryl/α,β-unsaturated/α-hetero) is 1. The molecule has 0 saturated carbocycles. The fourth-order valence-corrected chi connectivity index (χ4v) is 3.26. The van der Waals surface area contributed by atoms with Crippen molar-refractivity contribution in [2.75, 3.05) is 0 Å². The molecule has 0 fully saturated rings. The van der Waals surface area contributed by atoms with Gasteiger partial charge in [0, 0.05) is 11.1 Å². The summed E-state index contributed by atoms with van der Waals surface area (Å²) in [5.74, 6) is -0.936. The second-order valence-corrected chi connectivity index (χ2v) is 6.13. The van der Waals surface area contributed by atoms with Gasteiger partial charge < -0.3 is 0 Å². The van der Waals surface area contributed by atoms with E-state index >= 15 is 0 Å². The number of fused-ring (bicyclic) bond motifs is 1. The summed E-state index contributed by atoms with van der Waals surface area (Å²) in [6.07, 6.45) is 0.134. The van der Waals surface area contributed by atoms with Crippen LogP contribution in [-0.4, -0.2) is 5.78 Å². The molecule has 0 atom stereocenters. The van der Waals surface area contributed by atoms with Crippen molar-refractivity contribution in [1.29, 1.82) is 0 Å². The predicted octanol–water partition coefficient (Wildman–Crippen LogP) is 5.26. The van der Waals surface area contributed by atoms with Crippen LogP contribution in [0.2, 0.25) is 5.02 Å². The summed E-state index contributed by atoms with van der Waals surface area (Å²) in [7, 11) is 0. The van der Waals surface area contributed by atoms with Crippen molar-refractivity contribution in [3.63, 3.8) is 0 Å². The van der Waals surface area contributed by atoms with Gasteiger partial charge in [0.2, 0.25) is 0 Å². The Labute approximate surface area is 128 Å². The van der Waals surface area contributed by atoms with E-state index in [-0.39, 0.29) is 23.0 Å². The van der Waals surface area contributed by atoms with Crippen molar-refractivity contribution in [2.45, 2.75) is 6.42 Å². The molecule has 106 valence electrons. The van der Waals surface area contributed by atoms with Crippen molar-refractivity contribution >= 4 is 38.8 Å². The van der Waals surface area contributed by atoms with Crippen LogP contribution in [-0.2, 0) is 6.42 Å². The number of carbonyl (C=O) groups is 1. The lowest BCUT2D eigenvalue weighted by Gasteiger charge is -2.01. The first-order valence-corrected chi connectivity index (χ1v) is 7.38. The van der Waals surface area contributed by atoms with E-state index in [0.717, 1.165) is 4.70 Å². The normalized spacial score (nSPS) is 11.0. The minimum absolute atomic E-state index is 0.00119. The Bertz CT molecular complexity index is 841. The molecule has 1 heterocycles. The number of hydrogen-bond donors (Lipinski definition) is 0. The summed E-state index contributed by atoms with van der Waals surface area (Å²) in [5.41, 5.74) is 0.648. The summed E-state index contributed by atoms with van der Waals surface area (Å²) in [6.45, 7) is 0. The van der Waals surface area contributed by atoms with Crippen molar-refractivity contribution in [3.8, 4) is 0 Å². The van der Waals surface area contributed by atoms with Crippen LogP contribution < -0.4 is 0 Å². The summed E-state index contributed by atoms with van der Waals surface area (Å²) in [6, 6.07) is 10.3. The van der Waals surface area contributed by atoms with Gasteiger partial charge >= 0.3 is 0 Å². The smallest absolute Gasteiger partial charge is 0.177 e. The quantitative estimate of drug-likeness (QED) is 0.601. The zero-order chi connectivity index (χ0) is 15.0. The number of hydrogen-bond acceptors (Lipinski definition) is 2. The van der Waals surface area contributed by atoms with Crippen molar-refractivity contribution in [1.82, 2.24) is 0 Å². The monoisotopic (exact) mass is 322 g/mol. The average molecular weight is 323 g/mol. The van der Waals surface area contributed by atoms with Gasteiger partial charge in [-0.25, -0.2) is 8.78 Å². The maximum absolute atomic E-state index is 13.1. The molecule has 21 heavy (non-hydrogen) atoms. The van der Waals surface area contributed by atoms with Crippen LogP contribution in [0, 0.1) is 11.6 Å². The molecule has 1 aromatic heterocycles. The topological polar surface area (TPSA) is 17.1 Å². The molecule has 1 nitrogen and oxygen atoms in total. The SMILES string of the molecule is O=C(Cc1ccc(F)c(Cl)c1)c1cc2cc(F)ccc2s1. The van der Waals surface area contributed by atoms with Crippen LogP contribution in [0.25, 0.3) is 10.1 Å². The van der Waals surface area contributed by atoms with E-state index in [4.69, 9.17) is 11.6 Å². The van der Waals surface area contributed by atoms with Gasteiger partial charge in [-0.05, 0) is 47.3 Å². The van der Waals surface area contributed by atoms with E-state index in [9.17, 15) is 13.6 Å². The molecule has 0 N–H and O–H groups in total. The highest BCUT2D eigenvalue weighted by atomic mass is 35.5.